The highest BCUT2D eigenvalue weighted by molar-refractivity contribution is 7.91. The van der Waals surface area contributed by atoms with Gasteiger partial charge in [0.05, 0.1) is 11.7 Å². The lowest BCUT2D eigenvalue weighted by Gasteiger charge is -2.38. The Kier molecular flexibility index (Phi) is 6.02. The topological polar surface area (TPSA) is 96.6 Å². The summed E-state index contributed by atoms with van der Waals surface area (Å²) in [5, 5.41) is 5.57. The van der Waals surface area contributed by atoms with Gasteiger partial charge in [0.25, 0.3) is 0 Å². The predicted octanol–water partition coefficient (Wildman–Crippen LogP) is 4.30. The van der Waals surface area contributed by atoms with Gasteiger partial charge in [-0.1, -0.05) is 47.7 Å². The fourth-order valence-electron chi connectivity index (χ4n) is 3.87. The zero-order chi connectivity index (χ0) is 23.0. The molecule has 3 aromatic rings. The summed E-state index contributed by atoms with van der Waals surface area (Å²) in [7, 11) is -3.90. The van der Waals surface area contributed by atoms with E-state index in [-0.39, 0.29) is 27.8 Å². The molecule has 1 saturated heterocycles. The summed E-state index contributed by atoms with van der Waals surface area (Å²) in [5.41, 5.74) is 2.40. The summed E-state index contributed by atoms with van der Waals surface area (Å²) < 4.78 is 37.8. The number of aryl methyl sites for hydroxylation is 1. The first-order valence-electron chi connectivity index (χ1n) is 10.1. The summed E-state index contributed by atoms with van der Waals surface area (Å²) in [6.07, 6.45) is 0.701. The summed E-state index contributed by atoms with van der Waals surface area (Å²) in [4.78, 5) is 20.8. The average molecular weight is 475 g/mol. The fourth-order valence-corrected chi connectivity index (χ4v) is 5.84. The Bertz CT molecular complexity index is 1280. The van der Waals surface area contributed by atoms with Crippen LogP contribution in [0.1, 0.15) is 30.6 Å². The van der Waals surface area contributed by atoms with E-state index in [1.165, 1.54) is 11.0 Å². The van der Waals surface area contributed by atoms with Gasteiger partial charge in [-0.25, -0.2) is 27.7 Å². The molecule has 32 heavy (non-hydrogen) atoms. The van der Waals surface area contributed by atoms with Crippen LogP contribution in [0, 0.1) is 12.7 Å². The van der Waals surface area contributed by atoms with Crippen LogP contribution >= 0.6 is 11.3 Å². The number of halogens is 1. The van der Waals surface area contributed by atoms with Gasteiger partial charge in [-0.05, 0) is 43.5 Å². The Balaban J connectivity index is 1.61. The lowest BCUT2D eigenvalue weighted by atomic mass is 9.99. The minimum absolute atomic E-state index is 0.0388. The molecule has 4 rings (SSSR count). The molecule has 2 heterocycles. The van der Waals surface area contributed by atoms with E-state index < -0.39 is 10.0 Å². The van der Waals surface area contributed by atoms with E-state index in [0.717, 1.165) is 22.5 Å². The Morgan fingerprint density at radius 2 is 1.91 bits per heavy atom. The first-order valence-corrected chi connectivity index (χ1v) is 12.5. The zero-order valence-corrected chi connectivity index (χ0v) is 19.3. The van der Waals surface area contributed by atoms with Gasteiger partial charge in [0.15, 0.2) is 9.34 Å². The van der Waals surface area contributed by atoms with Crippen molar-refractivity contribution in [3.05, 3.63) is 65.6 Å². The van der Waals surface area contributed by atoms with Crippen molar-refractivity contribution < 1.29 is 17.6 Å². The molecule has 1 aromatic heterocycles. The molecule has 7 nitrogen and oxygen atoms in total. The van der Waals surface area contributed by atoms with E-state index in [2.05, 4.69) is 4.98 Å². The van der Waals surface area contributed by atoms with Crippen molar-refractivity contribution >= 4 is 32.5 Å². The monoisotopic (exact) mass is 474 g/mol. The smallest absolute Gasteiger partial charge is 0.317 e. The average Bonchev–Trinajstić information content (AvgIpc) is 3.16. The standard InChI is InChI=1S/C22H23FN4O3S2/c1-14-20(32(24,29)30)31-21(25-14)27-12-6-11-26(22(27)28)15(2)16-7-5-8-17(13-16)18-9-3-4-10-19(18)23/h3-5,7-10,13,15H,6,11-12H2,1-2H3,(H2,24,29,30)/t15-/m1/s1. The van der Waals surface area contributed by atoms with Crippen molar-refractivity contribution in [1.82, 2.24) is 9.88 Å². The summed E-state index contributed by atoms with van der Waals surface area (Å²) in [5.74, 6) is -0.303. The Morgan fingerprint density at radius 1 is 1.16 bits per heavy atom. The predicted molar refractivity (Wildman–Crippen MR) is 123 cm³/mol. The number of nitrogens with zero attached hydrogens (tertiary/aromatic N) is 3. The number of benzene rings is 2. The van der Waals surface area contributed by atoms with Gasteiger partial charge < -0.3 is 4.90 Å². The van der Waals surface area contributed by atoms with Crippen molar-refractivity contribution in [1.29, 1.82) is 0 Å². The van der Waals surface area contributed by atoms with Crippen molar-refractivity contribution in [2.75, 3.05) is 18.0 Å². The number of nitrogens with two attached hydrogens (primary N) is 1. The van der Waals surface area contributed by atoms with Crippen LogP contribution in [0.3, 0.4) is 0 Å². The number of carbonyl (C=O) groups excluding carboxylic acids is 1. The molecule has 0 unspecified atom stereocenters. The molecule has 0 radical (unpaired) electrons. The Hall–Kier alpha value is -2.82. The molecular weight excluding hydrogens is 451 g/mol. The highest BCUT2D eigenvalue weighted by Crippen LogP contribution is 2.34. The van der Waals surface area contributed by atoms with Gasteiger partial charge in [-0.2, -0.15) is 0 Å². The SMILES string of the molecule is Cc1nc(N2CCCN([C@H](C)c3cccc(-c4ccccc4F)c3)C2=O)sc1S(N)(=O)=O. The van der Waals surface area contributed by atoms with Gasteiger partial charge in [-0.3, -0.25) is 4.90 Å². The number of sulfonamides is 1. The number of carbonyl (C=O) groups is 1. The second-order valence-electron chi connectivity index (χ2n) is 7.68. The molecule has 2 amide bonds. The number of anilines is 1. The minimum atomic E-state index is -3.90. The summed E-state index contributed by atoms with van der Waals surface area (Å²) >= 11 is 0.900. The molecule has 1 fully saturated rings. The normalized spacial score (nSPS) is 15.8. The van der Waals surface area contributed by atoms with Gasteiger partial charge in [0.1, 0.15) is 5.82 Å². The Labute approximate surface area is 190 Å². The van der Waals surface area contributed by atoms with Gasteiger partial charge >= 0.3 is 6.03 Å². The maximum atomic E-state index is 14.3. The fraction of sp³-hybridized carbons (Fsp3) is 0.273. The number of hydrogen-bond acceptors (Lipinski definition) is 5. The first-order chi connectivity index (χ1) is 15.2. The minimum Gasteiger partial charge on any atom is -0.317 e. The number of thiazole rings is 1. The van der Waals surface area contributed by atoms with Crippen LogP contribution in [0.5, 0.6) is 0 Å². The molecular formula is C22H23FN4O3S2. The maximum absolute atomic E-state index is 14.3. The highest BCUT2D eigenvalue weighted by Gasteiger charge is 2.33. The lowest BCUT2D eigenvalue weighted by Crippen LogP contribution is -2.50. The van der Waals surface area contributed by atoms with Gasteiger partial charge in [0, 0.05) is 18.7 Å². The maximum Gasteiger partial charge on any atom is 0.326 e. The van der Waals surface area contributed by atoms with Crippen LogP contribution in [0.25, 0.3) is 11.1 Å². The number of rotatable bonds is 5. The third kappa shape index (κ3) is 4.25. The van der Waals surface area contributed by atoms with E-state index in [0.29, 0.717) is 30.2 Å². The molecule has 0 spiro atoms. The summed E-state index contributed by atoms with van der Waals surface area (Å²) in [6, 6.07) is 13.5. The third-order valence-corrected chi connectivity index (χ3v) is 8.25. The van der Waals surface area contributed by atoms with E-state index in [1.807, 2.05) is 31.2 Å². The van der Waals surface area contributed by atoms with Crippen LogP contribution < -0.4 is 10.0 Å². The zero-order valence-electron chi connectivity index (χ0n) is 17.7. The highest BCUT2D eigenvalue weighted by atomic mass is 32.2. The van der Waals surface area contributed by atoms with Crippen molar-refractivity contribution in [2.24, 2.45) is 5.14 Å². The van der Waals surface area contributed by atoms with Crippen LogP contribution in [0.15, 0.2) is 52.7 Å². The molecule has 10 heteroatoms. The molecule has 2 N–H and O–H groups in total. The number of primary sulfonamides is 1. The van der Waals surface area contributed by atoms with Crippen molar-refractivity contribution in [3.8, 4) is 11.1 Å². The quantitative estimate of drug-likeness (QED) is 0.596. The summed E-state index contributed by atoms with van der Waals surface area (Å²) in [6.45, 7) is 4.47. The molecule has 1 aliphatic heterocycles. The molecule has 168 valence electrons. The largest absolute Gasteiger partial charge is 0.326 e. The number of urea groups is 1. The second-order valence-corrected chi connectivity index (χ2v) is 10.4. The van der Waals surface area contributed by atoms with E-state index in [9.17, 15) is 17.6 Å². The molecule has 2 aromatic carbocycles. The van der Waals surface area contributed by atoms with E-state index in [4.69, 9.17) is 5.14 Å². The number of amides is 2. The molecule has 1 aliphatic rings. The molecule has 0 bridgehead atoms. The van der Waals surface area contributed by atoms with Crippen LogP contribution in [0.2, 0.25) is 0 Å². The van der Waals surface area contributed by atoms with Gasteiger partial charge in [0.2, 0.25) is 10.0 Å². The second kappa shape index (κ2) is 8.61. The lowest BCUT2D eigenvalue weighted by molar-refractivity contribution is 0.175. The molecule has 1 atom stereocenters. The van der Waals surface area contributed by atoms with E-state index in [1.54, 1.807) is 30.0 Å². The van der Waals surface area contributed by atoms with Gasteiger partial charge in [-0.15, -0.1) is 0 Å². The van der Waals surface area contributed by atoms with Crippen LogP contribution in [0.4, 0.5) is 14.3 Å². The van der Waals surface area contributed by atoms with Crippen LogP contribution in [-0.2, 0) is 10.0 Å². The molecule has 0 aliphatic carbocycles. The van der Waals surface area contributed by atoms with Crippen LogP contribution in [-0.4, -0.2) is 37.4 Å². The Morgan fingerprint density at radius 3 is 2.59 bits per heavy atom. The number of aromatic nitrogens is 1. The number of hydrogen-bond donors (Lipinski definition) is 1. The molecule has 0 saturated carbocycles. The van der Waals surface area contributed by atoms with E-state index >= 15 is 0 Å². The van der Waals surface area contributed by atoms with Crippen molar-refractivity contribution in [3.63, 3.8) is 0 Å². The first kappa shape index (κ1) is 22.4. The third-order valence-electron chi connectivity index (χ3n) is 5.51. The van der Waals surface area contributed by atoms with Crippen molar-refractivity contribution in [2.45, 2.75) is 30.5 Å².